The summed E-state index contributed by atoms with van der Waals surface area (Å²) in [6.07, 6.45) is 4.97. The molecule has 8 N–H and O–H groups in total. The molecule has 6 aliphatic rings. The van der Waals surface area contributed by atoms with Crippen LogP contribution in [-0.4, -0.2) is 216 Å². The lowest BCUT2D eigenvalue weighted by Gasteiger charge is -2.36. The number of ether oxygens (including phenoxy) is 4. The van der Waals surface area contributed by atoms with Gasteiger partial charge in [-0.25, -0.2) is 26.4 Å². The second kappa shape index (κ2) is 34.5. The van der Waals surface area contributed by atoms with E-state index < -0.39 is 44.3 Å². The number of rotatable bonds is 29. The number of halogens is 2. The maximum atomic E-state index is 13.7. The van der Waals surface area contributed by atoms with Gasteiger partial charge in [-0.15, -0.1) is 0 Å². The smallest absolute Gasteiger partial charge is 0.314 e. The number of carbonyl (C=O) groups excluding carboxylic acids is 4. The molecule has 4 aromatic rings. The molecule has 0 aromatic heterocycles. The normalized spacial score (nSPS) is 21.8. The highest BCUT2D eigenvalue weighted by atomic mass is 35.5. The molecule has 4 aliphatic heterocycles. The molecule has 2 aliphatic carbocycles. The summed E-state index contributed by atoms with van der Waals surface area (Å²) in [4.78, 5) is 60.1. The van der Waals surface area contributed by atoms with E-state index in [-0.39, 0.29) is 98.4 Å². The number of benzene rings is 4. The molecule has 4 aromatic carbocycles. The summed E-state index contributed by atoms with van der Waals surface area (Å²) in [5.41, 5.74) is 4.55. The highest BCUT2D eigenvalue weighted by Crippen LogP contribution is 2.43. The average molecular weight is 1400 g/mol. The van der Waals surface area contributed by atoms with Crippen molar-refractivity contribution in [3.63, 3.8) is 0 Å². The van der Waals surface area contributed by atoms with Crippen LogP contribution in [0.15, 0.2) is 82.6 Å². The van der Waals surface area contributed by atoms with Crippen molar-refractivity contribution >= 4 is 67.1 Å². The molecule has 10 rings (SSSR count). The van der Waals surface area contributed by atoms with Gasteiger partial charge in [0.2, 0.25) is 31.9 Å². The van der Waals surface area contributed by atoms with Crippen LogP contribution in [0.1, 0.15) is 97.0 Å². The Kier molecular flexibility index (Phi) is 25.9. The van der Waals surface area contributed by atoms with Gasteiger partial charge in [-0.05, 0) is 159 Å². The molecule has 4 fully saturated rings. The van der Waals surface area contributed by atoms with E-state index in [9.17, 15) is 46.5 Å². The van der Waals surface area contributed by atoms with Crippen molar-refractivity contribution in [3.8, 4) is 23.6 Å². The first-order valence-corrected chi connectivity index (χ1v) is 36.9. The van der Waals surface area contributed by atoms with E-state index in [0.717, 1.165) is 74.6 Å². The molecule has 4 saturated heterocycles. The Labute approximate surface area is 571 Å². The summed E-state index contributed by atoms with van der Waals surface area (Å²) in [5, 5.41) is 38.5. The molecule has 30 heteroatoms. The lowest BCUT2D eigenvalue weighted by Crippen LogP contribution is -2.50. The SMILES string of the molecule is N#Cc1cc(Cl)cc2c1C[C@H](N1CCNCC1)[C@H]2Oc1ccc(S(=O)(=O)NC2CCCCN(CCOCCNC(=O)NCCCCNC(=O)NCCOCCN3CCCCC(NS(=O)(=O)c4ccc(O[C@H]5c6cc(Cl)cc(C#N)c6C[C@@H]5N5CCNCC5)cc4)C3=O)C2=O)cc1. The summed E-state index contributed by atoms with van der Waals surface area (Å²) in [6.45, 7) is 9.91. The molecule has 26 nitrogen and oxygen atoms in total. The molecule has 518 valence electrons. The quantitative estimate of drug-likeness (QED) is 0.0355. The molecular weight excluding hydrogens is 1320 g/mol. The lowest BCUT2D eigenvalue weighted by molar-refractivity contribution is -0.133. The van der Waals surface area contributed by atoms with Crippen LogP contribution in [-0.2, 0) is 52.0 Å². The van der Waals surface area contributed by atoms with Crippen LogP contribution in [0.5, 0.6) is 11.5 Å². The minimum Gasteiger partial charge on any atom is -0.484 e. The molecule has 4 heterocycles. The van der Waals surface area contributed by atoms with Crippen molar-refractivity contribution in [2.75, 3.05) is 131 Å². The van der Waals surface area contributed by atoms with Gasteiger partial charge in [-0.2, -0.15) is 20.0 Å². The monoisotopic (exact) mass is 1400 g/mol. The van der Waals surface area contributed by atoms with Gasteiger partial charge in [0, 0.05) is 115 Å². The number of fused-ring (bicyclic) bond motifs is 2. The van der Waals surface area contributed by atoms with Gasteiger partial charge in [0.1, 0.15) is 35.8 Å². The number of urea groups is 2. The predicted molar refractivity (Wildman–Crippen MR) is 359 cm³/mol. The third-order valence-corrected chi connectivity index (χ3v) is 21.7. The molecular formula is C66H86Cl2N14O12S2. The Morgan fingerprint density at radius 2 is 0.917 bits per heavy atom. The van der Waals surface area contributed by atoms with Crippen molar-refractivity contribution in [2.24, 2.45) is 0 Å². The maximum Gasteiger partial charge on any atom is 0.314 e. The summed E-state index contributed by atoms with van der Waals surface area (Å²) in [7, 11) is -8.20. The number of nitrogens with zero attached hydrogens (tertiary/aromatic N) is 6. The predicted octanol–water partition coefficient (Wildman–Crippen LogP) is 4.07. The Balaban J connectivity index is 0.555. The van der Waals surface area contributed by atoms with E-state index in [1.807, 2.05) is 12.1 Å². The Hall–Kier alpha value is -6.90. The van der Waals surface area contributed by atoms with Crippen molar-refractivity contribution in [3.05, 3.63) is 116 Å². The van der Waals surface area contributed by atoms with Gasteiger partial charge in [-0.3, -0.25) is 19.4 Å². The standard InChI is InChI=1S/C66H86Cl2N14O12S2/c67-47-37-45(43-69)53-41-59(79-27-19-71-20-28-79)61(55(53)39-47)93-49-9-13-51(14-10-49)95(87,88)77-57-7-1-5-25-81(63(57)83)31-35-91-33-23-75-65(85)73-17-3-4-18-74-66(86)76-24-34-92-36-32-82-26-6-2-8-58(64(82)84)78-96(89,90)52-15-11-50(12-16-52)94-62-56-40-48(68)38-46(44-70)54(56)42-60(62)80-29-21-72-22-30-80/h9-16,37-40,57-62,71-72,77-78H,1-8,17-36,41-42H2,(H2,73,75,85)(H2,74,76,86)/t57?,58?,59-,60-,61-,62-/m0/s1. The van der Waals surface area contributed by atoms with Gasteiger partial charge >= 0.3 is 12.1 Å². The number of amides is 6. The largest absolute Gasteiger partial charge is 0.484 e. The van der Waals surface area contributed by atoms with Gasteiger partial charge in [-0.1, -0.05) is 23.2 Å². The zero-order valence-electron chi connectivity index (χ0n) is 53.8. The van der Waals surface area contributed by atoms with E-state index in [1.165, 1.54) is 24.3 Å². The average Bonchev–Trinajstić information content (AvgIpc) is 1.62. The number of likely N-dealkylation sites (tertiary alicyclic amines) is 2. The fourth-order valence-corrected chi connectivity index (χ4v) is 16.3. The molecule has 6 atom stereocenters. The molecule has 2 unspecified atom stereocenters. The van der Waals surface area contributed by atoms with E-state index in [0.29, 0.717) is 123 Å². The minimum absolute atomic E-state index is 0.00924. The van der Waals surface area contributed by atoms with Crippen molar-refractivity contribution < 1.29 is 55.0 Å². The van der Waals surface area contributed by atoms with E-state index in [1.54, 1.807) is 46.2 Å². The number of carbonyl (C=O) groups is 4. The highest BCUT2D eigenvalue weighted by Gasteiger charge is 2.42. The van der Waals surface area contributed by atoms with Crippen LogP contribution in [0, 0.1) is 22.7 Å². The number of unbranched alkanes of at least 4 members (excludes halogenated alkanes) is 1. The topological polar surface area (TPSA) is 330 Å². The van der Waals surface area contributed by atoms with E-state index in [2.05, 4.69) is 63.3 Å². The van der Waals surface area contributed by atoms with Crippen LogP contribution in [0.4, 0.5) is 9.59 Å². The van der Waals surface area contributed by atoms with Crippen LogP contribution < -0.4 is 50.8 Å². The molecule has 0 radical (unpaired) electrons. The fraction of sp³-hybridized carbons (Fsp3) is 0.545. The Bertz CT molecular complexity index is 3430. The van der Waals surface area contributed by atoms with Gasteiger partial charge in [0.05, 0.1) is 71.6 Å². The first-order valence-electron chi connectivity index (χ1n) is 33.2. The second-order valence-electron chi connectivity index (χ2n) is 24.7. The number of hydrogen-bond acceptors (Lipinski definition) is 18. The van der Waals surface area contributed by atoms with Gasteiger partial charge in [0.15, 0.2) is 0 Å². The molecule has 0 bridgehead atoms. The summed E-state index contributed by atoms with van der Waals surface area (Å²) >= 11 is 12.9. The molecule has 6 amide bonds. The third kappa shape index (κ3) is 19.1. The minimum atomic E-state index is -4.10. The summed E-state index contributed by atoms with van der Waals surface area (Å²) in [6, 6.07) is 21.1. The van der Waals surface area contributed by atoms with Crippen LogP contribution in [0.25, 0.3) is 0 Å². The van der Waals surface area contributed by atoms with Crippen LogP contribution in [0.2, 0.25) is 10.0 Å². The highest BCUT2D eigenvalue weighted by molar-refractivity contribution is 7.89. The number of sulfonamides is 2. The van der Waals surface area contributed by atoms with E-state index in [4.69, 9.17) is 42.1 Å². The molecule has 0 spiro atoms. The van der Waals surface area contributed by atoms with Gasteiger partial charge in [0.25, 0.3) is 0 Å². The number of piperazine rings is 2. The zero-order chi connectivity index (χ0) is 67.6. The fourth-order valence-electron chi connectivity index (χ4n) is 13.4. The van der Waals surface area contributed by atoms with Crippen LogP contribution in [0.3, 0.4) is 0 Å². The van der Waals surface area contributed by atoms with Crippen LogP contribution >= 0.6 is 23.2 Å². The molecule has 0 saturated carbocycles. The number of nitrogens with one attached hydrogen (secondary N) is 8. The van der Waals surface area contributed by atoms with Gasteiger partial charge < -0.3 is 60.6 Å². The maximum absolute atomic E-state index is 13.7. The summed E-state index contributed by atoms with van der Waals surface area (Å²) in [5.74, 6) is 0.244. The second-order valence-corrected chi connectivity index (χ2v) is 29.0. The Morgan fingerprint density at radius 3 is 1.30 bits per heavy atom. The summed E-state index contributed by atoms with van der Waals surface area (Å²) < 4.78 is 84.7. The number of hydrogen-bond donors (Lipinski definition) is 8. The lowest BCUT2D eigenvalue weighted by atomic mass is 10.0. The number of nitriles is 2. The Morgan fingerprint density at radius 1 is 0.531 bits per heavy atom. The molecule has 96 heavy (non-hydrogen) atoms. The van der Waals surface area contributed by atoms with E-state index >= 15 is 0 Å². The van der Waals surface area contributed by atoms with Crippen molar-refractivity contribution in [1.29, 1.82) is 10.5 Å². The first kappa shape index (κ1) is 71.9. The van der Waals surface area contributed by atoms with Crippen molar-refractivity contribution in [1.82, 2.24) is 60.9 Å². The first-order chi connectivity index (χ1) is 46.5. The van der Waals surface area contributed by atoms with Crippen molar-refractivity contribution in [2.45, 2.75) is 110 Å². The third-order valence-electron chi connectivity index (χ3n) is 18.3. The zero-order valence-corrected chi connectivity index (χ0v) is 56.9.